The van der Waals surface area contributed by atoms with Gasteiger partial charge in [-0.2, -0.15) is 4.73 Å². The topological polar surface area (TPSA) is 59.6 Å². The van der Waals surface area contributed by atoms with E-state index in [4.69, 9.17) is 51.2 Å². The Labute approximate surface area is 175 Å². The van der Waals surface area contributed by atoms with E-state index in [0.29, 0.717) is 32.1 Å². The minimum Gasteiger partial charge on any atom is -0.411 e. The molecule has 2 aromatic carbocycles. The van der Waals surface area contributed by atoms with Crippen molar-refractivity contribution >= 4 is 52.1 Å². The van der Waals surface area contributed by atoms with Gasteiger partial charge in [0.05, 0.1) is 11.2 Å². The second kappa shape index (κ2) is 8.85. The summed E-state index contributed by atoms with van der Waals surface area (Å²) in [7, 11) is 0. The number of rotatable bonds is 6. The van der Waals surface area contributed by atoms with Gasteiger partial charge < -0.3 is 10.0 Å². The van der Waals surface area contributed by atoms with Gasteiger partial charge in [0.25, 0.3) is 0 Å². The van der Waals surface area contributed by atoms with Crippen LogP contribution in [0.2, 0.25) is 20.1 Å². The van der Waals surface area contributed by atoms with Crippen LogP contribution in [-0.2, 0) is 6.42 Å². The molecular formula is C18H13Cl4N3O2. The van der Waals surface area contributed by atoms with E-state index >= 15 is 0 Å². The molecule has 0 amide bonds. The second-order valence-electron chi connectivity index (χ2n) is 5.57. The van der Waals surface area contributed by atoms with Crippen LogP contribution < -0.4 is 4.84 Å². The number of hydrogen-bond donors (Lipinski definition) is 1. The number of oxime groups is 1. The summed E-state index contributed by atoms with van der Waals surface area (Å²) >= 11 is 24.5. The van der Waals surface area contributed by atoms with Gasteiger partial charge in [0.2, 0.25) is 0 Å². The summed E-state index contributed by atoms with van der Waals surface area (Å²) in [4.78, 5) is 9.86. The van der Waals surface area contributed by atoms with E-state index < -0.39 is 6.10 Å². The molecule has 0 saturated carbocycles. The lowest BCUT2D eigenvalue weighted by Crippen LogP contribution is -2.35. The standard InChI is InChI=1S/C18H13Cl4N3O2/c19-12-2-1-11(15(21)8-12)7-17(27-25-6-5-23-10-25)18(24-26)14-4-3-13(20)9-16(14)22/h1-6,8-10,17,26H,7H2/b24-18-. The smallest absolute Gasteiger partial charge is 0.175 e. The molecule has 0 bridgehead atoms. The van der Waals surface area contributed by atoms with Crippen LogP contribution in [0.25, 0.3) is 0 Å². The third-order valence-electron chi connectivity index (χ3n) is 3.77. The zero-order valence-electron chi connectivity index (χ0n) is 13.7. The van der Waals surface area contributed by atoms with E-state index in [2.05, 4.69) is 10.1 Å². The number of nitrogens with zero attached hydrogens (tertiary/aromatic N) is 3. The van der Waals surface area contributed by atoms with Gasteiger partial charge in [0, 0.05) is 33.2 Å². The summed E-state index contributed by atoms with van der Waals surface area (Å²) in [5, 5.41) is 14.9. The maximum atomic E-state index is 9.70. The molecule has 0 saturated heterocycles. The Morgan fingerprint density at radius 2 is 1.78 bits per heavy atom. The van der Waals surface area contributed by atoms with E-state index in [1.165, 1.54) is 11.1 Å². The van der Waals surface area contributed by atoms with Crippen LogP contribution in [0.4, 0.5) is 0 Å². The van der Waals surface area contributed by atoms with E-state index in [1.807, 2.05) is 0 Å². The average molecular weight is 445 g/mol. The van der Waals surface area contributed by atoms with Crippen LogP contribution in [0, 0.1) is 0 Å². The molecule has 1 heterocycles. The van der Waals surface area contributed by atoms with Gasteiger partial charge in [0.1, 0.15) is 12.0 Å². The van der Waals surface area contributed by atoms with E-state index in [9.17, 15) is 5.21 Å². The van der Waals surface area contributed by atoms with Crippen LogP contribution in [0.1, 0.15) is 11.1 Å². The van der Waals surface area contributed by atoms with E-state index in [-0.39, 0.29) is 5.71 Å². The molecule has 0 aliphatic carbocycles. The zero-order valence-corrected chi connectivity index (χ0v) is 16.7. The van der Waals surface area contributed by atoms with Crippen LogP contribution in [0.3, 0.4) is 0 Å². The number of imidazole rings is 1. The highest BCUT2D eigenvalue weighted by Crippen LogP contribution is 2.26. The first-order valence-corrected chi connectivity index (χ1v) is 9.25. The quantitative estimate of drug-likeness (QED) is 0.314. The maximum Gasteiger partial charge on any atom is 0.175 e. The second-order valence-corrected chi connectivity index (χ2v) is 7.25. The van der Waals surface area contributed by atoms with Crippen LogP contribution >= 0.6 is 46.4 Å². The minimum absolute atomic E-state index is 0.219. The molecule has 9 heteroatoms. The molecule has 0 fully saturated rings. The lowest BCUT2D eigenvalue weighted by molar-refractivity contribution is 0.0752. The minimum atomic E-state index is -0.721. The van der Waals surface area contributed by atoms with Crippen molar-refractivity contribution in [2.75, 3.05) is 0 Å². The van der Waals surface area contributed by atoms with E-state index in [0.717, 1.165) is 5.56 Å². The van der Waals surface area contributed by atoms with Crippen LogP contribution in [0.15, 0.2) is 60.3 Å². The predicted octanol–water partition coefficient (Wildman–Crippen LogP) is 5.42. The summed E-state index contributed by atoms with van der Waals surface area (Å²) in [5.74, 6) is 0. The van der Waals surface area contributed by atoms with Gasteiger partial charge in [-0.05, 0) is 35.9 Å². The molecule has 0 aliphatic heterocycles. The Morgan fingerprint density at radius 3 is 2.37 bits per heavy atom. The molecule has 5 nitrogen and oxygen atoms in total. The lowest BCUT2D eigenvalue weighted by atomic mass is 9.99. The molecule has 0 radical (unpaired) electrons. The van der Waals surface area contributed by atoms with Gasteiger partial charge in [-0.1, -0.05) is 57.6 Å². The summed E-state index contributed by atoms with van der Waals surface area (Å²) in [5.41, 5.74) is 1.47. The third-order valence-corrected chi connectivity index (χ3v) is 4.90. The highest BCUT2D eigenvalue weighted by molar-refractivity contribution is 6.37. The SMILES string of the molecule is O/N=C(/c1ccc(Cl)cc1Cl)C(Cc1ccc(Cl)cc1Cl)On1ccnc1. The number of halogens is 4. The molecule has 27 heavy (non-hydrogen) atoms. The normalized spacial score (nSPS) is 12.8. The zero-order chi connectivity index (χ0) is 19.4. The highest BCUT2D eigenvalue weighted by atomic mass is 35.5. The maximum absolute atomic E-state index is 9.70. The molecule has 1 atom stereocenters. The van der Waals surface area contributed by atoms with Gasteiger partial charge in [-0.3, -0.25) is 0 Å². The van der Waals surface area contributed by atoms with Crippen molar-refractivity contribution in [2.45, 2.75) is 12.5 Å². The molecule has 1 aromatic heterocycles. The van der Waals surface area contributed by atoms with Crippen molar-refractivity contribution < 1.29 is 10.0 Å². The molecule has 140 valence electrons. The van der Waals surface area contributed by atoms with Crippen molar-refractivity contribution in [2.24, 2.45) is 5.16 Å². The molecular weight excluding hydrogens is 432 g/mol. The lowest BCUT2D eigenvalue weighted by Gasteiger charge is -2.21. The first-order chi connectivity index (χ1) is 13.0. The van der Waals surface area contributed by atoms with Crippen molar-refractivity contribution in [1.29, 1.82) is 0 Å². The predicted molar refractivity (Wildman–Crippen MR) is 108 cm³/mol. The van der Waals surface area contributed by atoms with Crippen molar-refractivity contribution in [1.82, 2.24) is 9.71 Å². The van der Waals surface area contributed by atoms with Crippen molar-refractivity contribution in [3.63, 3.8) is 0 Å². The van der Waals surface area contributed by atoms with Gasteiger partial charge in [-0.15, -0.1) is 0 Å². The summed E-state index contributed by atoms with van der Waals surface area (Å²) < 4.78 is 1.41. The number of aromatic nitrogens is 2. The Hall–Kier alpha value is -1.92. The van der Waals surface area contributed by atoms with Gasteiger partial charge >= 0.3 is 0 Å². The first kappa shape index (κ1) is 19.8. The summed E-state index contributed by atoms with van der Waals surface area (Å²) in [6.45, 7) is 0. The Morgan fingerprint density at radius 1 is 1.07 bits per heavy atom. The fourth-order valence-electron chi connectivity index (χ4n) is 2.52. The molecule has 0 spiro atoms. The van der Waals surface area contributed by atoms with Crippen LogP contribution in [-0.4, -0.2) is 26.7 Å². The highest BCUT2D eigenvalue weighted by Gasteiger charge is 2.25. The molecule has 3 aromatic rings. The van der Waals surface area contributed by atoms with Crippen molar-refractivity contribution in [3.8, 4) is 0 Å². The first-order valence-electron chi connectivity index (χ1n) is 7.74. The Balaban J connectivity index is 1.99. The Bertz CT molecular complexity index is 961. The fourth-order valence-corrected chi connectivity index (χ4v) is 3.51. The van der Waals surface area contributed by atoms with Gasteiger partial charge in [-0.25, -0.2) is 4.98 Å². The molecule has 1 unspecified atom stereocenters. The largest absolute Gasteiger partial charge is 0.411 e. The molecule has 1 N–H and O–H groups in total. The van der Waals surface area contributed by atoms with Crippen LogP contribution in [0.5, 0.6) is 0 Å². The van der Waals surface area contributed by atoms with Gasteiger partial charge in [0.15, 0.2) is 6.10 Å². The fraction of sp³-hybridized carbons (Fsp3) is 0.111. The monoisotopic (exact) mass is 443 g/mol. The molecule has 3 rings (SSSR count). The van der Waals surface area contributed by atoms with Crippen molar-refractivity contribution in [3.05, 3.63) is 86.3 Å². The summed E-state index contributed by atoms with van der Waals surface area (Å²) in [6.07, 6.45) is 4.25. The Kier molecular flexibility index (Phi) is 6.50. The summed E-state index contributed by atoms with van der Waals surface area (Å²) in [6, 6.07) is 10.0. The average Bonchev–Trinajstić information content (AvgIpc) is 3.12. The molecule has 0 aliphatic rings. The third kappa shape index (κ3) is 4.87. The van der Waals surface area contributed by atoms with E-state index in [1.54, 1.807) is 48.8 Å². The number of benzene rings is 2. The number of hydrogen-bond acceptors (Lipinski definition) is 4.